The monoisotopic (exact) mass is 417 g/mol. The third-order valence-corrected chi connectivity index (χ3v) is 5.28. The molecule has 1 unspecified atom stereocenters. The van der Waals surface area contributed by atoms with Crippen LogP contribution < -0.4 is 9.64 Å². The van der Waals surface area contributed by atoms with E-state index in [1.165, 1.54) is 0 Å². The Balaban J connectivity index is 1.73. The maximum atomic E-state index is 12.9. The number of rotatable bonds is 7. The van der Waals surface area contributed by atoms with E-state index in [1.807, 2.05) is 43.4 Å². The molecule has 4 nitrogen and oxygen atoms in total. The van der Waals surface area contributed by atoms with Gasteiger partial charge < -0.3 is 14.4 Å². The Morgan fingerprint density at radius 1 is 1.31 bits per heavy atom. The summed E-state index contributed by atoms with van der Waals surface area (Å²) < 4.78 is 12.0. The molecule has 2 aromatic carbocycles. The largest absolute Gasteiger partial charge is 0.493 e. The lowest BCUT2D eigenvalue weighted by Crippen LogP contribution is -2.30. The van der Waals surface area contributed by atoms with Crippen LogP contribution in [-0.2, 0) is 22.4 Å². The fraction of sp³-hybridized carbons (Fsp3) is 0.381. The molecule has 1 aliphatic rings. The second-order valence-electron chi connectivity index (χ2n) is 6.65. The number of carbonyl (C=O) groups is 1. The van der Waals surface area contributed by atoms with Crippen molar-refractivity contribution in [2.75, 3.05) is 38.8 Å². The topological polar surface area (TPSA) is 38.8 Å². The van der Waals surface area contributed by atoms with Crippen molar-refractivity contribution in [3.8, 4) is 5.75 Å². The number of ketones is 1. The van der Waals surface area contributed by atoms with E-state index in [-0.39, 0.29) is 11.7 Å². The Morgan fingerprint density at radius 3 is 2.92 bits per heavy atom. The summed E-state index contributed by atoms with van der Waals surface area (Å²) in [6.07, 6.45) is 1.16. The number of hydrogen-bond donors (Lipinski definition) is 0. The molecule has 0 saturated heterocycles. The fourth-order valence-electron chi connectivity index (χ4n) is 3.26. The van der Waals surface area contributed by atoms with Crippen molar-refractivity contribution in [1.29, 1.82) is 0 Å². The Morgan fingerprint density at radius 2 is 2.12 bits per heavy atom. The van der Waals surface area contributed by atoms with Gasteiger partial charge in [-0.1, -0.05) is 40.2 Å². The summed E-state index contributed by atoms with van der Waals surface area (Å²) in [6.45, 7) is 1.87. The number of benzene rings is 2. The number of ether oxygens (including phenoxy) is 2. The lowest BCUT2D eigenvalue weighted by molar-refractivity contribution is -0.123. The van der Waals surface area contributed by atoms with Crippen molar-refractivity contribution in [3.63, 3.8) is 0 Å². The summed E-state index contributed by atoms with van der Waals surface area (Å²) in [5, 5.41) is 0. The number of methoxy groups -OCH3 is 1. The lowest BCUT2D eigenvalue weighted by atomic mass is 9.90. The van der Waals surface area contributed by atoms with Crippen LogP contribution in [0.5, 0.6) is 5.75 Å². The molecular formula is C21H24BrNO3. The van der Waals surface area contributed by atoms with Gasteiger partial charge in [0.25, 0.3) is 0 Å². The van der Waals surface area contributed by atoms with Gasteiger partial charge in [0.15, 0.2) is 0 Å². The van der Waals surface area contributed by atoms with E-state index in [9.17, 15) is 4.79 Å². The molecule has 0 aromatic heterocycles. The van der Waals surface area contributed by atoms with Gasteiger partial charge in [-0.15, -0.1) is 0 Å². The summed E-state index contributed by atoms with van der Waals surface area (Å²) in [4.78, 5) is 15.0. The van der Waals surface area contributed by atoms with Gasteiger partial charge in [-0.2, -0.15) is 0 Å². The first kappa shape index (κ1) is 18.9. The number of halogens is 1. The minimum atomic E-state index is -0.0920. The summed E-state index contributed by atoms with van der Waals surface area (Å²) >= 11 is 3.53. The number of Topliss-reactive ketones (excluding diaryl/α,β-unsaturated/α-hetero) is 1. The number of likely N-dealkylation sites (N-methyl/N-ethyl adjacent to an activating group) is 1. The molecule has 3 rings (SSSR count). The van der Waals surface area contributed by atoms with E-state index in [1.54, 1.807) is 7.11 Å². The van der Waals surface area contributed by atoms with Crippen LogP contribution in [0, 0.1) is 5.92 Å². The molecule has 26 heavy (non-hydrogen) atoms. The van der Waals surface area contributed by atoms with Crippen LogP contribution >= 0.6 is 15.9 Å². The second kappa shape index (κ2) is 8.69. The standard InChI is InChI=1S/C21H24BrNO3/c1-23(9-10-25-2)19-13-18(22)8-7-15(19)12-20(24)17-11-16-5-3-4-6-21(16)26-14-17/h3-8,13,17H,9-12,14H2,1-2H3. The summed E-state index contributed by atoms with van der Waals surface area (Å²) in [5.74, 6) is 1.04. The first-order chi connectivity index (χ1) is 12.6. The van der Waals surface area contributed by atoms with Crippen LogP contribution in [0.2, 0.25) is 0 Å². The number of fused-ring (bicyclic) bond motifs is 1. The molecule has 2 aromatic rings. The van der Waals surface area contributed by atoms with Gasteiger partial charge in [0, 0.05) is 37.3 Å². The van der Waals surface area contributed by atoms with E-state index in [4.69, 9.17) is 9.47 Å². The van der Waals surface area contributed by atoms with Gasteiger partial charge in [0.05, 0.1) is 19.1 Å². The highest BCUT2D eigenvalue weighted by Crippen LogP contribution is 2.30. The second-order valence-corrected chi connectivity index (χ2v) is 7.57. The zero-order valence-electron chi connectivity index (χ0n) is 15.2. The average molecular weight is 418 g/mol. The first-order valence-corrected chi connectivity index (χ1v) is 9.59. The van der Waals surface area contributed by atoms with Crippen LogP contribution in [0.15, 0.2) is 46.9 Å². The van der Waals surface area contributed by atoms with Gasteiger partial charge in [-0.25, -0.2) is 0 Å². The maximum Gasteiger partial charge on any atom is 0.144 e. The van der Waals surface area contributed by atoms with Crippen molar-refractivity contribution < 1.29 is 14.3 Å². The molecule has 1 heterocycles. The number of hydrogen-bond acceptors (Lipinski definition) is 4. The number of anilines is 1. The molecule has 0 amide bonds. The molecule has 0 bridgehead atoms. The SMILES string of the molecule is COCCN(C)c1cc(Br)ccc1CC(=O)C1COc2ccccc2C1. The number of para-hydroxylation sites is 1. The molecule has 0 spiro atoms. The van der Waals surface area contributed by atoms with Crippen molar-refractivity contribution >= 4 is 27.4 Å². The third-order valence-electron chi connectivity index (χ3n) is 4.79. The molecule has 1 aliphatic heterocycles. The zero-order chi connectivity index (χ0) is 18.5. The average Bonchev–Trinajstić information content (AvgIpc) is 2.67. The van der Waals surface area contributed by atoms with Crippen LogP contribution in [0.1, 0.15) is 11.1 Å². The van der Waals surface area contributed by atoms with E-state index in [0.717, 1.165) is 40.0 Å². The molecular weight excluding hydrogens is 394 g/mol. The molecule has 0 saturated carbocycles. The minimum absolute atomic E-state index is 0.0920. The molecule has 1 atom stereocenters. The highest BCUT2D eigenvalue weighted by atomic mass is 79.9. The quantitative estimate of drug-likeness (QED) is 0.684. The molecule has 0 aliphatic carbocycles. The minimum Gasteiger partial charge on any atom is -0.493 e. The van der Waals surface area contributed by atoms with Crippen molar-refractivity contribution in [2.24, 2.45) is 5.92 Å². The predicted octanol–water partition coefficient (Wildman–Crippen LogP) is 3.89. The predicted molar refractivity (Wildman–Crippen MR) is 107 cm³/mol. The fourth-order valence-corrected chi connectivity index (χ4v) is 3.61. The number of nitrogens with zero attached hydrogens (tertiary/aromatic N) is 1. The van der Waals surface area contributed by atoms with Gasteiger partial charge in [0.1, 0.15) is 11.5 Å². The Bertz CT molecular complexity index is 778. The molecule has 0 radical (unpaired) electrons. The van der Waals surface area contributed by atoms with Gasteiger partial charge in [-0.3, -0.25) is 4.79 Å². The van der Waals surface area contributed by atoms with E-state index < -0.39 is 0 Å². The summed E-state index contributed by atoms with van der Waals surface area (Å²) in [5.41, 5.74) is 3.21. The van der Waals surface area contributed by atoms with Gasteiger partial charge in [0.2, 0.25) is 0 Å². The molecule has 0 fully saturated rings. The lowest BCUT2D eigenvalue weighted by Gasteiger charge is -2.26. The van der Waals surface area contributed by atoms with Crippen molar-refractivity contribution in [1.82, 2.24) is 0 Å². The maximum absolute atomic E-state index is 12.9. The van der Waals surface area contributed by atoms with E-state index in [2.05, 4.69) is 26.9 Å². The van der Waals surface area contributed by atoms with Crippen molar-refractivity contribution in [3.05, 3.63) is 58.1 Å². The smallest absolute Gasteiger partial charge is 0.144 e. The van der Waals surface area contributed by atoms with Crippen LogP contribution in [0.4, 0.5) is 5.69 Å². The Labute approximate surface area is 163 Å². The highest BCUT2D eigenvalue weighted by Gasteiger charge is 2.26. The Hall–Kier alpha value is -1.85. The molecule has 5 heteroatoms. The van der Waals surface area contributed by atoms with Crippen LogP contribution in [0.3, 0.4) is 0 Å². The van der Waals surface area contributed by atoms with Gasteiger partial charge in [-0.05, 0) is 35.7 Å². The molecule has 0 N–H and O–H groups in total. The van der Waals surface area contributed by atoms with E-state index >= 15 is 0 Å². The number of carbonyl (C=O) groups excluding carboxylic acids is 1. The van der Waals surface area contributed by atoms with Gasteiger partial charge >= 0.3 is 0 Å². The highest BCUT2D eigenvalue weighted by molar-refractivity contribution is 9.10. The molecule has 138 valence electrons. The van der Waals surface area contributed by atoms with Crippen LogP contribution in [0.25, 0.3) is 0 Å². The Kier molecular flexibility index (Phi) is 6.33. The zero-order valence-corrected chi connectivity index (χ0v) is 16.8. The normalized spacial score (nSPS) is 15.9. The van der Waals surface area contributed by atoms with Crippen LogP contribution in [-0.4, -0.2) is 39.7 Å². The summed E-state index contributed by atoms with van der Waals surface area (Å²) in [7, 11) is 3.72. The third kappa shape index (κ3) is 4.46. The summed E-state index contributed by atoms with van der Waals surface area (Å²) in [6, 6.07) is 14.0. The van der Waals surface area contributed by atoms with E-state index in [0.29, 0.717) is 19.6 Å². The van der Waals surface area contributed by atoms with Crippen molar-refractivity contribution in [2.45, 2.75) is 12.8 Å². The first-order valence-electron chi connectivity index (χ1n) is 8.80.